The van der Waals surface area contributed by atoms with Gasteiger partial charge < -0.3 is 5.32 Å². The van der Waals surface area contributed by atoms with Crippen LogP contribution in [0.4, 0.5) is 0 Å². The van der Waals surface area contributed by atoms with Crippen molar-refractivity contribution in [2.75, 3.05) is 6.54 Å². The zero-order valence-corrected chi connectivity index (χ0v) is 17.3. The minimum absolute atomic E-state index is 0.0244. The van der Waals surface area contributed by atoms with Gasteiger partial charge >= 0.3 is 0 Å². The number of carbonyl (C=O) groups is 3. The van der Waals surface area contributed by atoms with Crippen molar-refractivity contribution < 1.29 is 14.4 Å². The summed E-state index contributed by atoms with van der Waals surface area (Å²) in [4.78, 5) is 38.7. The van der Waals surface area contributed by atoms with Gasteiger partial charge in [-0.05, 0) is 49.9 Å². The quantitative estimate of drug-likeness (QED) is 0.719. The Kier molecular flexibility index (Phi) is 6.27. The fourth-order valence-electron chi connectivity index (χ4n) is 5.27. The summed E-state index contributed by atoms with van der Waals surface area (Å²) in [5, 5.41) is 3.14. The molecule has 0 aromatic carbocycles. The van der Waals surface area contributed by atoms with Gasteiger partial charge in [0, 0.05) is 19.0 Å². The lowest BCUT2D eigenvalue weighted by atomic mass is 9.69. The van der Waals surface area contributed by atoms with Gasteiger partial charge in [-0.3, -0.25) is 19.3 Å². The van der Waals surface area contributed by atoms with E-state index < -0.39 is 0 Å². The minimum atomic E-state index is -0.119. The van der Waals surface area contributed by atoms with Crippen LogP contribution in [0.1, 0.15) is 85.0 Å². The Bertz CT molecular complexity index is 554. The Labute approximate surface area is 163 Å². The van der Waals surface area contributed by atoms with E-state index in [4.69, 9.17) is 0 Å². The number of fused-ring (bicyclic) bond motifs is 1. The van der Waals surface area contributed by atoms with Crippen LogP contribution in [0.25, 0.3) is 0 Å². The summed E-state index contributed by atoms with van der Waals surface area (Å²) in [5.74, 6) is 0.389. The SMILES string of the molecule is CCC(C)(C)C1CCC(NC(=O)CCN2C(=O)[C@H]3CCCC[C@H]3C2=O)CC1. The van der Waals surface area contributed by atoms with Crippen molar-refractivity contribution in [3.8, 4) is 0 Å². The summed E-state index contributed by atoms with van der Waals surface area (Å²) < 4.78 is 0. The van der Waals surface area contributed by atoms with E-state index in [0.717, 1.165) is 57.3 Å². The van der Waals surface area contributed by atoms with Gasteiger partial charge in [0.1, 0.15) is 0 Å². The number of hydrogen-bond donors (Lipinski definition) is 1. The molecule has 2 saturated carbocycles. The highest BCUT2D eigenvalue weighted by molar-refractivity contribution is 6.05. The molecule has 0 bridgehead atoms. The normalized spacial score (nSPS) is 31.7. The van der Waals surface area contributed by atoms with Crippen LogP contribution < -0.4 is 5.32 Å². The lowest BCUT2D eigenvalue weighted by Gasteiger charge is -2.39. The molecule has 1 saturated heterocycles. The molecule has 3 fully saturated rings. The number of nitrogens with zero attached hydrogens (tertiary/aromatic N) is 1. The molecule has 1 N–H and O–H groups in total. The van der Waals surface area contributed by atoms with Gasteiger partial charge in [0.2, 0.25) is 17.7 Å². The predicted molar refractivity (Wildman–Crippen MR) is 105 cm³/mol. The molecule has 152 valence electrons. The first-order valence-corrected chi connectivity index (χ1v) is 11.0. The molecule has 0 unspecified atom stereocenters. The number of hydrogen-bond acceptors (Lipinski definition) is 3. The molecule has 0 radical (unpaired) electrons. The van der Waals surface area contributed by atoms with Gasteiger partial charge in [-0.25, -0.2) is 0 Å². The summed E-state index contributed by atoms with van der Waals surface area (Å²) in [6, 6.07) is 0.244. The molecule has 27 heavy (non-hydrogen) atoms. The molecule has 3 aliphatic rings. The third-order valence-electron chi connectivity index (χ3n) is 7.60. The highest BCUT2D eigenvalue weighted by atomic mass is 16.2. The van der Waals surface area contributed by atoms with Crippen LogP contribution in [0.5, 0.6) is 0 Å². The van der Waals surface area contributed by atoms with Crippen molar-refractivity contribution in [2.45, 2.75) is 91.0 Å². The molecule has 0 aromatic rings. The maximum atomic E-state index is 12.5. The van der Waals surface area contributed by atoms with E-state index in [-0.39, 0.29) is 48.6 Å². The highest BCUT2D eigenvalue weighted by Crippen LogP contribution is 2.40. The van der Waals surface area contributed by atoms with Crippen LogP contribution in [-0.2, 0) is 14.4 Å². The number of nitrogens with one attached hydrogen (secondary N) is 1. The Morgan fingerprint density at radius 2 is 1.56 bits per heavy atom. The Morgan fingerprint density at radius 3 is 2.07 bits per heavy atom. The van der Waals surface area contributed by atoms with E-state index in [0.29, 0.717) is 5.41 Å². The van der Waals surface area contributed by atoms with Gasteiger partial charge in [-0.2, -0.15) is 0 Å². The third kappa shape index (κ3) is 4.38. The maximum absolute atomic E-state index is 12.5. The molecule has 3 amide bonds. The molecule has 2 atom stereocenters. The van der Waals surface area contributed by atoms with E-state index >= 15 is 0 Å². The first-order valence-electron chi connectivity index (χ1n) is 11.0. The van der Waals surface area contributed by atoms with Gasteiger partial charge in [0.15, 0.2) is 0 Å². The molecule has 5 heteroatoms. The van der Waals surface area contributed by atoms with Gasteiger partial charge in [0.25, 0.3) is 0 Å². The molecule has 0 aromatic heterocycles. The van der Waals surface area contributed by atoms with E-state index in [1.54, 1.807) is 0 Å². The average molecular weight is 377 g/mol. The highest BCUT2D eigenvalue weighted by Gasteiger charge is 2.47. The van der Waals surface area contributed by atoms with Crippen LogP contribution in [0.2, 0.25) is 0 Å². The summed E-state index contributed by atoms with van der Waals surface area (Å²) in [5.41, 5.74) is 0.377. The molecule has 0 spiro atoms. The van der Waals surface area contributed by atoms with Crippen LogP contribution in [0.3, 0.4) is 0 Å². The smallest absolute Gasteiger partial charge is 0.233 e. The first-order chi connectivity index (χ1) is 12.8. The predicted octanol–water partition coefficient (Wildman–Crippen LogP) is 3.66. The van der Waals surface area contributed by atoms with Crippen LogP contribution in [0.15, 0.2) is 0 Å². The number of carbonyl (C=O) groups excluding carboxylic acids is 3. The standard InChI is InChI=1S/C22H36N2O3/c1-4-22(2,3)15-9-11-16(12-10-15)23-19(25)13-14-24-20(26)17-7-5-6-8-18(17)21(24)27/h15-18H,4-14H2,1-3H3,(H,23,25)/t15?,16?,17-,18+. The van der Waals surface area contributed by atoms with Crippen molar-refractivity contribution in [3.05, 3.63) is 0 Å². The monoisotopic (exact) mass is 376 g/mol. The average Bonchev–Trinajstić information content (AvgIpc) is 2.91. The minimum Gasteiger partial charge on any atom is -0.353 e. The Morgan fingerprint density at radius 1 is 1.00 bits per heavy atom. The molecule has 3 rings (SSSR count). The van der Waals surface area contributed by atoms with Gasteiger partial charge in [0.05, 0.1) is 11.8 Å². The lowest BCUT2D eigenvalue weighted by Crippen LogP contribution is -2.41. The summed E-state index contributed by atoms with van der Waals surface area (Å²) in [7, 11) is 0. The zero-order chi connectivity index (χ0) is 19.6. The van der Waals surface area contributed by atoms with Crippen molar-refractivity contribution in [2.24, 2.45) is 23.2 Å². The van der Waals surface area contributed by atoms with Crippen molar-refractivity contribution in [1.29, 1.82) is 0 Å². The van der Waals surface area contributed by atoms with Crippen LogP contribution in [-0.4, -0.2) is 35.2 Å². The summed E-state index contributed by atoms with van der Waals surface area (Å²) in [6.07, 6.45) is 9.54. The zero-order valence-electron chi connectivity index (χ0n) is 17.3. The van der Waals surface area contributed by atoms with Gasteiger partial charge in [-0.1, -0.05) is 40.0 Å². The maximum Gasteiger partial charge on any atom is 0.233 e. The van der Waals surface area contributed by atoms with Gasteiger partial charge in [-0.15, -0.1) is 0 Å². The molecule has 1 heterocycles. The lowest BCUT2D eigenvalue weighted by molar-refractivity contribution is -0.140. The van der Waals surface area contributed by atoms with E-state index in [1.165, 1.54) is 11.3 Å². The number of likely N-dealkylation sites (tertiary alicyclic amines) is 1. The Hall–Kier alpha value is -1.39. The summed E-state index contributed by atoms with van der Waals surface area (Å²) in [6.45, 7) is 7.19. The van der Waals surface area contributed by atoms with Crippen LogP contribution in [0, 0.1) is 23.2 Å². The van der Waals surface area contributed by atoms with Crippen LogP contribution >= 0.6 is 0 Å². The molecular formula is C22H36N2O3. The number of rotatable bonds is 6. The molecule has 5 nitrogen and oxygen atoms in total. The second-order valence-corrected chi connectivity index (χ2v) is 9.53. The van der Waals surface area contributed by atoms with Crippen molar-refractivity contribution >= 4 is 17.7 Å². The second-order valence-electron chi connectivity index (χ2n) is 9.53. The van der Waals surface area contributed by atoms with Crippen molar-refractivity contribution in [1.82, 2.24) is 10.2 Å². The van der Waals surface area contributed by atoms with Crippen molar-refractivity contribution in [3.63, 3.8) is 0 Å². The third-order valence-corrected chi connectivity index (χ3v) is 7.60. The molecule has 1 aliphatic heterocycles. The Balaban J connectivity index is 1.43. The second kappa shape index (κ2) is 8.32. The number of imide groups is 1. The van der Waals surface area contributed by atoms with E-state index in [9.17, 15) is 14.4 Å². The first kappa shape index (κ1) is 20.3. The fourth-order valence-corrected chi connectivity index (χ4v) is 5.27. The fraction of sp³-hybridized carbons (Fsp3) is 0.864. The topological polar surface area (TPSA) is 66.5 Å². The number of amides is 3. The molecular weight excluding hydrogens is 340 g/mol. The van der Waals surface area contributed by atoms with E-state index in [1.807, 2.05) is 0 Å². The molecule has 2 aliphatic carbocycles. The van der Waals surface area contributed by atoms with E-state index in [2.05, 4.69) is 26.1 Å². The summed E-state index contributed by atoms with van der Waals surface area (Å²) >= 11 is 0. The largest absolute Gasteiger partial charge is 0.353 e.